The van der Waals surface area contributed by atoms with E-state index < -0.39 is 0 Å². The molecular weight excluding hydrogens is 395 g/mol. The topological polar surface area (TPSA) is 64.4 Å². The van der Waals surface area contributed by atoms with Gasteiger partial charge in [-0.3, -0.25) is 10.1 Å². The van der Waals surface area contributed by atoms with E-state index in [1.54, 1.807) is 24.4 Å². The molecule has 0 saturated heterocycles. The summed E-state index contributed by atoms with van der Waals surface area (Å²) in [6, 6.07) is 8.84. The van der Waals surface area contributed by atoms with Crippen molar-refractivity contribution in [1.29, 1.82) is 0 Å². The van der Waals surface area contributed by atoms with E-state index in [1.807, 2.05) is 19.1 Å². The first-order valence-electron chi connectivity index (χ1n) is 7.91. The Morgan fingerprint density at radius 3 is 2.88 bits per heavy atom. The van der Waals surface area contributed by atoms with Crippen molar-refractivity contribution in [2.24, 2.45) is 0 Å². The quantitative estimate of drug-likeness (QED) is 0.564. The number of hydrogen-bond donors (Lipinski definition) is 1. The molecule has 0 atom stereocenters. The van der Waals surface area contributed by atoms with Crippen LogP contribution in [0.5, 0.6) is 0 Å². The zero-order valence-electron chi connectivity index (χ0n) is 13.9. The Labute approximate surface area is 164 Å². The highest BCUT2D eigenvalue weighted by molar-refractivity contribution is 7.15. The molecule has 0 saturated carbocycles. The summed E-state index contributed by atoms with van der Waals surface area (Å²) in [5.41, 5.74) is 1.02. The standard InChI is InChI=1S/C18H16Cl2N2O3S/c1-2-24-10-12-4-6-16(25-12)17(23)22-18-21-9-13(26-18)7-11-3-5-14(19)15(20)8-11/h3-6,8-9H,2,7,10H2,1H3,(H,21,22,23). The Morgan fingerprint density at radius 2 is 2.12 bits per heavy atom. The van der Waals surface area contributed by atoms with Gasteiger partial charge in [-0.2, -0.15) is 0 Å². The van der Waals surface area contributed by atoms with Crippen LogP contribution in [0.4, 0.5) is 5.13 Å². The monoisotopic (exact) mass is 410 g/mol. The largest absolute Gasteiger partial charge is 0.453 e. The van der Waals surface area contributed by atoms with Crippen LogP contribution in [-0.4, -0.2) is 17.5 Å². The number of rotatable bonds is 7. The van der Waals surface area contributed by atoms with Gasteiger partial charge in [0.25, 0.3) is 5.91 Å². The van der Waals surface area contributed by atoms with E-state index in [0.29, 0.717) is 40.6 Å². The number of carbonyl (C=O) groups excluding carboxylic acids is 1. The lowest BCUT2D eigenvalue weighted by atomic mass is 10.1. The van der Waals surface area contributed by atoms with Crippen molar-refractivity contribution < 1.29 is 13.9 Å². The molecule has 1 aromatic carbocycles. The van der Waals surface area contributed by atoms with Gasteiger partial charge in [0.1, 0.15) is 12.4 Å². The SMILES string of the molecule is CCOCc1ccc(C(=O)Nc2ncc(Cc3ccc(Cl)c(Cl)c3)s2)o1. The van der Waals surface area contributed by atoms with Crippen molar-refractivity contribution in [3.63, 3.8) is 0 Å². The highest BCUT2D eigenvalue weighted by Gasteiger charge is 2.14. The number of hydrogen-bond acceptors (Lipinski definition) is 5. The first kappa shape index (κ1) is 18.9. The summed E-state index contributed by atoms with van der Waals surface area (Å²) in [4.78, 5) is 17.5. The van der Waals surface area contributed by atoms with Gasteiger partial charge < -0.3 is 9.15 Å². The molecule has 0 spiro atoms. The van der Waals surface area contributed by atoms with Crippen LogP contribution in [0.25, 0.3) is 0 Å². The normalized spacial score (nSPS) is 10.9. The summed E-state index contributed by atoms with van der Waals surface area (Å²) in [5.74, 6) is 0.487. The number of nitrogens with zero attached hydrogens (tertiary/aromatic N) is 1. The lowest BCUT2D eigenvalue weighted by Crippen LogP contribution is -2.10. The first-order valence-corrected chi connectivity index (χ1v) is 9.49. The Kier molecular flexibility index (Phi) is 6.32. The third-order valence-corrected chi connectivity index (χ3v) is 5.12. The summed E-state index contributed by atoms with van der Waals surface area (Å²) in [6.07, 6.45) is 2.38. The van der Waals surface area contributed by atoms with Gasteiger partial charge in [0.15, 0.2) is 10.9 Å². The van der Waals surface area contributed by atoms with E-state index in [2.05, 4.69) is 10.3 Å². The van der Waals surface area contributed by atoms with Gasteiger partial charge in [0.2, 0.25) is 0 Å². The predicted octanol–water partition coefficient (Wildman–Crippen LogP) is 5.42. The lowest BCUT2D eigenvalue weighted by Gasteiger charge is -2.01. The fourth-order valence-corrected chi connectivity index (χ4v) is 3.40. The molecule has 136 valence electrons. The van der Waals surface area contributed by atoms with Gasteiger partial charge in [-0.15, -0.1) is 11.3 Å². The number of thiazole rings is 1. The van der Waals surface area contributed by atoms with Crippen molar-refractivity contribution in [1.82, 2.24) is 4.98 Å². The Balaban J connectivity index is 1.61. The molecule has 2 heterocycles. The molecule has 1 N–H and O–H groups in total. The number of ether oxygens (including phenoxy) is 1. The molecule has 0 aliphatic rings. The number of nitrogens with one attached hydrogen (secondary N) is 1. The maximum absolute atomic E-state index is 12.2. The second-order valence-electron chi connectivity index (χ2n) is 5.41. The minimum atomic E-state index is -0.344. The molecule has 0 fully saturated rings. The fraction of sp³-hybridized carbons (Fsp3) is 0.222. The van der Waals surface area contributed by atoms with Gasteiger partial charge in [0, 0.05) is 24.1 Å². The number of furan rings is 1. The maximum Gasteiger partial charge on any atom is 0.293 e. The third-order valence-electron chi connectivity index (χ3n) is 3.47. The maximum atomic E-state index is 12.2. The molecule has 3 aromatic rings. The fourth-order valence-electron chi connectivity index (χ4n) is 2.24. The summed E-state index contributed by atoms with van der Waals surface area (Å²) in [5, 5.41) is 4.29. The molecule has 26 heavy (non-hydrogen) atoms. The average molecular weight is 411 g/mol. The molecule has 0 unspecified atom stereocenters. The highest BCUT2D eigenvalue weighted by Crippen LogP contribution is 2.26. The van der Waals surface area contributed by atoms with Gasteiger partial charge in [0.05, 0.1) is 10.0 Å². The number of benzene rings is 1. The smallest absolute Gasteiger partial charge is 0.293 e. The van der Waals surface area contributed by atoms with Crippen molar-refractivity contribution in [3.05, 3.63) is 68.5 Å². The minimum absolute atomic E-state index is 0.223. The second-order valence-corrected chi connectivity index (χ2v) is 7.34. The lowest BCUT2D eigenvalue weighted by molar-refractivity contribution is 0.0972. The summed E-state index contributed by atoms with van der Waals surface area (Å²) in [7, 11) is 0. The molecule has 0 radical (unpaired) electrons. The zero-order chi connectivity index (χ0) is 18.5. The summed E-state index contributed by atoms with van der Waals surface area (Å²) < 4.78 is 10.7. The molecule has 0 aliphatic heterocycles. The molecular formula is C18H16Cl2N2O3S. The van der Waals surface area contributed by atoms with E-state index in [9.17, 15) is 4.79 Å². The van der Waals surface area contributed by atoms with Gasteiger partial charge >= 0.3 is 0 Å². The number of halogens is 2. The van der Waals surface area contributed by atoms with Gasteiger partial charge in [-0.25, -0.2) is 4.98 Å². The molecule has 2 aromatic heterocycles. The number of amides is 1. The van der Waals surface area contributed by atoms with Crippen LogP contribution in [0.1, 0.15) is 33.7 Å². The zero-order valence-corrected chi connectivity index (χ0v) is 16.2. The van der Waals surface area contributed by atoms with E-state index in [0.717, 1.165) is 10.4 Å². The van der Waals surface area contributed by atoms with E-state index in [4.69, 9.17) is 32.4 Å². The molecule has 1 amide bonds. The Bertz CT molecular complexity index is 907. The number of carbonyl (C=O) groups is 1. The summed E-state index contributed by atoms with van der Waals surface area (Å²) in [6.45, 7) is 2.83. The van der Waals surface area contributed by atoms with Crippen molar-refractivity contribution in [2.75, 3.05) is 11.9 Å². The van der Waals surface area contributed by atoms with Crippen LogP contribution < -0.4 is 5.32 Å². The molecule has 3 rings (SSSR count). The van der Waals surface area contributed by atoms with Crippen LogP contribution >= 0.6 is 34.5 Å². The van der Waals surface area contributed by atoms with Crippen molar-refractivity contribution in [3.8, 4) is 0 Å². The van der Waals surface area contributed by atoms with Crippen LogP contribution in [0, 0.1) is 0 Å². The van der Waals surface area contributed by atoms with E-state index in [-0.39, 0.29) is 11.7 Å². The van der Waals surface area contributed by atoms with Crippen LogP contribution in [0.2, 0.25) is 10.0 Å². The number of aromatic nitrogens is 1. The van der Waals surface area contributed by atoms with Crippen LogP contribution in [0.3, 0.4) is 0 Å². The van der Waals surface area contributed by atoms with Crippen molar-refractivity contribution in [2.45, 2.75) is 20.0 Å². The van der Waals surface area contributed by atoms with Crippen LogP contribution in [0.15, 0.2) is 40.9 Å². The Hall–Kier alpha value is -1.86. The third kappa shape index (κ3) is 4.86. The van der Waals surface area contributed by atoms with Gasteiger partial charge in [-0.05, 0) is 36.8 Å². The van der Waals surface area contributed by atoms with Gasteiger partial charge in [-0.1, -0.05) is 29.3 Å². The van der Waals surface area contributed by atoms with Crippen molar-refractivity contribution >= 4 is 45.6 Å². The van der Waals surface area contributed by atoms with E-state index >= 15 is 0 Å². The summed E-state index contributed by atoms with van der Waals surface area (Å²) >= 11 is 13.4. The van der Waals surface area contributed by atoms with Crippen LogP contribution in [-0.2, 0) is 17.8 Å². The first-order chi connectivity index (χ1) is 12.5. The second kappa shape index (κ2) is 8.68. The molecule has 0 aliphatic carbocycles. The molecule has 8 heteroatoms. The highest BCUT2D eigenvalue weighted by atomic mass is 35.5. The van der Waals surface area contributed by atoms with E-state index in [1.165, 1.54) is 11.3 Å². The average Bonchev–Trinajstić information content (AvgIpc) is 3.26. The minimum Gasteiger partial charge on any atom is -0.453 e. The number of anilines is 1. The predicted molar refractivity (Wildman–Crippen MR) is 103 cm³/mol. The molecule has 5 nitrogen and oxygen atoms in total. The molecule has 0 bridgehead atoms. The Morgan fingerprint density at radius 1 is 1.27 bits per heavy atom.